The highest BCUT2D eigenvalue weighted by Gasteiger charge is 2.20. The third kappa shape index (κ3) is 2.18. The SMILES string of the molecule is O=C1CN(c2ncc(Cl)cc2F)CCN1. The van der Waals surface area contributed by atoms with Gasteiger partial charge in [0.25, 0.3) is 0 Å². The number of anilines is 1. The molecule has 1 saturated heterocycles. The second-order valence-corrected chi connectivity index (χ2v) is 3.67. The van der Waals surface area contributed by atoms with Gasteiger partial charge in [-0.05, 0) is 6.07 Å². The molecule has 0 saturated carbocycles. The van der Waals surface area contributed by atoms with E-state index in [9.17, 15) is 9.18 Å². The monoisotopic (exact) mass is 229 g/mol. The summed E-state index contributed by atoms with van der Waals surface area (Å²) >= 11 is 5.58. The van der Waals surface area contributed by atoms with Crippen LogP contribution in [0.4, 0.5) is 10.2 Å². The maximum atomic E-state index is 13.4. The number of amides is 1. The summed E-state index contributed by atoms with van der Waals surface area (Å²) in [5, 5.41) is 2.90. The predicted octanol–water partition coefficient (Wildman–Crippen LogP) is 0.810. The quantitative estimate of drug-likeness (QED) is 0.775. The van der Waals surface area contributed by atoms with Gasteiger partial charge in [-0.15, -0.1) is 0 Å². The molecule has 1 aliphatic heterocycles. The molecular formula is C9H9ClFN3O. The Kier molecular flexibility index (Phi) is 2.73. The normalized spacial score (nSPS) is 16.4. The van der Waals surface area contributed by atoms with E-state index in [0.717, 1.165) is 0 Å². The van der Waals surface area contributed by atoms with Gasteiger partial charge in [0.15, 0.2) is 11.6 Å². The minimum atomic E-state index is -0.503. The molecule has 2 heterocycles. The number of carbonyl (C=O) groups is 1. The van der Waals surface area contributed by atoms with Gasteiger partial charge in [-0.3, -0.25) is 4.79 Å². The van der Waals surface area contributed by atoms with Crippen molar-refractivity contribution in [2.45, 2.75) is 0 Å². The molecule has 0 atom stereocenters. The van der Waals surface area contributed by atoms with Crippen LogP contribution in [0.25, 0.3) is 0 Å². The molecule has 1 aromatic rings. The second kappa shape index (κ2) is 4.02. The molecule has 0 aromatic carbocycles. The fraction of sp³-hybridized carbons (Fsp3) is 0.333. The Morgan fingerprint density at radius 2 is 2.40 bits per heavy atom. The van der Waals surface area contributed by atoms with Crippen molar-refractivity contribution in [3.05, 3.63) is 23.1 Å². The molecule has 1 amide bonds. The minimum Gasteiger partial charge on any atom is -0.353 e. The molecule has 80 valence electrons. The van der Waals surface area contributed by atoms with E-state index in [1.54, 1.807) is 4.90 Å². The summed E-state index contributed by atoms with van der Waals surface area (Å²) in [6.07, 6.45) is 1.37. The van der Waals surface area contributed by atoms with Gasteiger partial charge in [0.05, 0.1) is 11.6 Å². The molecule has 15 heavy (non-hydrogen) atoms. The van der Waals surface area contributed by atoms with Gasteiger partial charge < -0.3 is 10.2 Å². The maximum Gasteiger partial charge on any atom is 0.239 e. The third-order valence-corrected chi connectivity index (χ3v) is 2.33. The van der Waals surface area contributed by atoms with E-state index in [2.05, 4.69) is 10.3 Å². The summed E-state index contributed by atoms with van der Waals surface area (Å²) in [6, 6.07) is 1.19. The lowest BCUT2D eigenvalue weighted by Gasteiger charge is -2.27. The molecule has 1 aliphatic rings. The maximum absolute atomic E-state index is 13.4. The minimum absolute atomic E-state index is 0.127. The highest BCUT2D eigenvalue weighted by atomic mass is 35.5. The van der Waals surface area contributed by atoms with E-state index in [1.807, 2.05) is 0 Å². The van der Waals surface area contributed by atoms with E-state index in [-0.39, 0.29) is 23.3 Å². The highest BCUT2D eigenvalue weighted by Crippen LogP contribution is 2.19. The molecule has 1 N–H and O–H groups in total. The van der Waals surface area contributed by atoms with Crippen LogP contribution in [-0.2, 0) is 4.79 Å². The topological polar surface area (TPSA) is 45.2 Å². The Balaban J connectivity index is 2.24. The number of hydrogen-bond acceptors (Lipinski definition) is 3. The van der Waals surface area contributed by atoms with Gasteiger partial charge in [0.1, 0.15) is 0 Å². The molecule has 1 aromatic heterocycles. The molecule has 0 bridgehead atoms. The van der Waals surface area contributed by atoms with E-state index in [1.165, 1.54) is 12.3 Å². The zero-order chi connectivity index (χ0) is 10.8. The molecule has 4 nitrogen and oxygen atoms in total. The van der Waals surface area contributed by atoms with Gasteiger partial charge in [0.2, 0.25) is 5.91 Å². The Labute approximate surface area is 91.0 Å². The molecule has 0 aliphatic carbocycles. The van der Waals surface area contributed by atoms with Gasteiger partial charge in [-0.2, -0.15) is 0 Å². The average Bonchev–Trinajstić information content (AvgIpc) is 2.17. The summed E-state index contributed by atoms with van der Waals surface area (Å²) in [5.41, 5.74) is 0. The van der Waals surface area contributed by atoms with Crippen molar-refractivity contribution >= 4 is 23.3 Å². The number of aromatic nitrogens is 1. The van der Waals surface area contributed by atoms with Crippen LogP contribution in [-0.4, -0.2) is 30.5 Å². The Morgan fingerprint density at radius 3 is 3.07 bits per heavy atom. The van der Waals surface area contributed by atoms with Crippen LogP contribution in [0.5, 0.6) is 0 Å². The van der Waals surface area contributed by atoms with Crippen molar-refractivity contribution in [3.63, 3.8) is 0 Å². The molecule has 0 radical (unpaired) electrons. The summed E-state index contributed by atoms with van der Waals surface area (Å²) in [7, 11) is 0. The number of nitrogens with one attached hydrogen (secondary N) is 1. The molecule has 2 rings (SSSR count). The third-order valence-electron chi connectivity index (χ3n) is 2.13. The molecular weight excluding hydrogens is 221 g/mol. The van der Waals surface area contributed by atoms with E-state index in [0.29, 0.717) is 13.1 Å². The smallest absolute Gasteiger partial charge is 0.239 e. The summed E-state index contributed by atoms with van der Waals surface area (Å²) in [5.74, 6) is -0.455. The van der Waals surface area contributed by atoms with Gasteiger partial charge >= 0.3 is 0 Å². The Bertz CT molecular complexity index is 399. The molecule has 0 unspecified atom stereocenters. The number of pyridine rings is 1. The lowest BCUT2D eigenvalue weighted by Crippen LogP contribution is -2.48. The number of carbonyl (C=O) groups excluding carboxylic acids is 1. The van der Waals surface area contributed by atoms with Crippen LogP contribution < -0.4 is 10.2 Å². The molecule has 1 fully saturated rings. The van der Waals surface area contributed by atoms with Crippen molar-refractivity contribution in [1.82, 2.24) is 10.3 Å². The number of piperazine rings is 1. The van der Waals surface area contributed by atoms with Gasteiger partial charge in [-0.25, -0.2) is 9.37 Å². The second-order valence-electron chi connectivity index (χ2n) is 3.23. The van der Waals surface area contributed by atoms with Crippen LogP contribution >= 0.6 is 11.6 Å². The average molecular weight is 230 g/mol. The first-order valence-corrected chi connectivity index (χ1v) is 4.87. The van der Waals surface area contributed by atoms with Crippen LogP contribution in [0.1, 0.15) is 0 Å². The largest absolute Gasteiger partial charge is 0.353 e. The van der Waals surface area contributed by atoms with Crippen molar-refractivity contribution in [3.8, 4) is 0 Å². The Hall–Kier alpha value is -1.36. The first-order valence-electron chi connectivity index (χ1n) is 4.49. The molecule has 0 spiro atoms. The zero-order valence-corrected chi connectivity index (χ0v) is 8.59. The summed E-state index contributed by atoms with van der Waals surface area (Å²) in [6.45, 7) is 1.19. The number of hydrogen-bond donors (Lipinski definition) is 1. The van der Waals surface area contributed by atoms with Crippen LogP contribution in [0.15, 0.2) is 12.3 Å². The molecule has 6 heteroatoms. The zero-order valence-electron chi connectivity index (χ0n) is 7.83. The van der Waals surface area contributed by atoms with Crippen molar-refractivity contribution < 1.29 is 9.18 Å². The number of halogens is 2. The summed E-state index contributed by atoms with van der Waals surface area (Å²) in [4.78, 5) is 16.6. The van der Waals surface area contributed by atoms with Gasteiger partial charge in [-0.1, -0.05) is 11.6 Å². The standard InChI is InChI=1S/C9H9ClFN3O/c10-6-3-7(11)9(13-4-6)14-2-1-12-8(15)5-14/h3-4H,1-2,5H2,(H,12,15). The fourth-order valence-electron chi connectivity index (χ4n) is 1.46. The fourth-order valence-corrected chi connectivity index (χ4v) is 1.60. The van der Waals surface area contributed by atoms with Crippen LogP contribution in [0, 0.1) is 5.82 Å². The van der Waals surface area contributed by atoms with Crippen molar-refractivity contribution in [2.75, 3.05) is 24.5 Å². The lowest BCUT2D eigenvalue weighted by molar-refractivity contribution is -0.120. The predicted molar refractivity (Wildman–Crippen MR) is 54.4 cm³/mol. The van der Waals surface area contributed by atoms with Crippen LogP contribution in [0.3, 0.4) is 0 Å². The first kappa shape index (κ1) is 10.2. The van der Waals surface area contributed by atoms with Gasteiger partial charge in [0, 0.05) is 19.3 Å². The van der Waals surface area contributed by atoms with Crippen molar-refractivity contribution in [1.29, 1.82) is 0 Å². The van der Waals surface area contributed by atoms with E-state index in [4.69, 9.17) is 11.6 Å². The van der Waals surface area contributed by atoms with Crippen molar-refractivity contribution in [2.24, 2.45) is 0 Å². The van der Waals surface area contributed by atoms with E-state index < -0.39 is 5.82 Å². The first-order chi connectivity index (χ1) is 7.16. The highest BCUT2D eigenvalue weighted by molar-refractivity contribution is 6.30. The van der Waals surface area contributed by atoms with E-state index >= 15 is 0 Å². The Morgan fingerprint density at radius 1 is 1.60 bits per heavy atom. The lowest BCUT2D eigenvalue weighted by atomic mass is 10.3. The number of rotatable bonds is 1. The van der Waals surface area contributed by atoms with Crippen LogP contribution in [0.2, 0.25) is 5.02 Å². The number of nitrogens with zero attached hydrogens (tertiary/aromatic N) is 2. The summed E-state index contributed by atoms with van der Waals surface area (Å²) < 4.78 is 13.4.